The SMILES string of the molecule is CC(=O)O[C@@H]1CC[C@@]2(C)[C@H](CC[C@@H]3[C@@H]2CC[C@]2(C)[C@@H]4[C@H](C[C@@H]32)O[C@@]2(OC[C@@H](C)[C@@H]2CBr)[C@H]4C)C1. The van der Waals surface area contributed by atoms with Gasteiger partial charge >= 0.3 is 5.97 Å². The van der Waals surface area contributed by atoms with Gasteiger partial charge in [-0.2, -0.15) is 0 Å². The number of rotatable bonds is 2. The number of hydrogen-bond donors (Lipinski definition) is 0. The lowest BCUT2D eigenvalue weighted by atomic mass is 9.44. The summed E-state index contributed by atoms with van der Waals surface area (Å²) in [7, 11) is 0. The number of carbonyl (C=O) groups is 1. The first-order valence-electron chi connectivity index (χ1n) is 14.2. The van der Waals surface area contributed by atoms with E-state index in [1.807, 2.05) is 0 Å². The molecule has 6 rings (SSSR count). The molecule has 6 fully saturated rings. The van der Waals surface area contributed by atoms with Gasteiger partial charge in [0, 0.05) is 24.1 Å². The Kier molecular flexibility index (Phi) is 5.83. The van der Waals surface area contributed by atoms with E-state index in [1.54, 1.807) is 6.92 Å². The molecule has 0 bridgehead atoms. The van der Waals surface area contributed by atoms with E-state index in [-0.39, 0.29) is 17.9 Å². The van der Waals surface area contributed by atoms with Crippen LogP contribution in [0.25, 0.3) is 0 Å². The monoisotopic (exact) mass is 536 g/mol. The molecule has 4 nitrogen and oxygen atoms in total. The Morgan fingerprint density at radius 2 is 1.79 bits per heavy atom. The van der Waals surface area contributed by atoms with E-state index < -0.39 is 0 Å². The lowest BCUT2D eigenvalue weighted by Crippen LogP contribution is -2.55. The molecule has 0 amide bonds. The highest BCUT2D eigenvalue weighted by molar-refractivity contribution is 9.09. The van der Waals surface area contributed by atoms with Gasteiger partial charge in [0.2, 0.25) is 0 Å². The molecule has 34 heavy (non-hydrogen) atoms. The lowest BCUT2D eigenvalue weighted by Gasteiger charge is -2.61. The number of fused-ring (bicyclic) bond motifs is 7. The Bertz CT molecular complexity index is 833. The van der Waals surface area contributed by atoms with Crippen molar-refractivity contribution >= 4 is 21.9 Å². The molecule has 2 aliphatic heterocycles. The zero-order valence-electron chi connectivity index (χ0n) is 21.9. The van der Waals surface area contributed by atoms with Crippen molar-refractivity contribution in [3.05, 3.63) is 0 Å². The molecule has 13 atom stereocenters. The summed E-state index contributed by atoms with van der Waals surface area (Å²) in [6.07, 6.45) is 10.5. The van der Waals surface area contributed by atoms with Crippen molar-refractivity contribution in [2.75, 3.05) is 11.9 Å². The van der Waals surface area contributed by atoms with Crippen molar-refractivity contribution in [1.82, 2.24) is 0 Å². The first-order valence-corrected chi connectivity index (χ1v) is 15.3. The van der Waals surface area contributed by atoms with Crippen molar-refractivity contribution in [3.8, 4) is 0 Å². The normalized spacial score (nSPS) is 58.2. The van der Waals surface area contributed by atoms with Crippen LogP contribution >= 0.6 is 15.9 Å². The number of hydrogen-bond acceptors (Lipinski definition) is 4. The number of esters is 1. The van der Waals surface area contributed by atoms with E-state index in [4.69, 9.17) is 14.2 Å². The van der Waals surface area contributed by atoms with Gasteiger partial charge in [0.25, 0.3) is 0 Å². The van der Waals surface area contributed by atoms with Gasteiger partial charge in [-0.1, -0.05) is 43.6 Å². The maximum absolute atomic E-state index is 11.6. The largest absolute Gasteiger partial charge is 0.463 e. The van der Waals surface area contributed by atoms with Crippen LogP contribution in [-0.4, -0.2) is 35.9 Å². The Balaban J connectivity index is 1.23. The van der Waals surface area contributed by atoms with Crippen LogP contribution in [0.1, 0.15) is 86.0 Å². The van der Waals surface area contributed by atoms with Crippen molar-refractivity contribution in [2.45, 2.75) is 104 Å². The first kappa shape index (κ1) is 24.2. The molecule has 0 radical (unpaired) electrons. The highest BCUT2D eigenvalue weighted by Gasteiger charge is 2.71. The van der Waals surface area contributed by atoms with Crippen LogP contribution in [0.4, 0.5) is 0 Å². The van der Waals surface area contributed by atoms with Crippen molar-refractivity contribution in [3.63, 3.8) is 0 Å². The summed E-state index contributed by atoms with van der Waals surface area (Å²) in [5.41, 5.74) is 0.788. The van der Waals surface area contributed by atoms with Crippen LogP contribution in [-0.2, 0) is 19.0 Å². The molecule has 1 spiro atoms. The summed E-state index contributed by atoms with van der Waals surface area (Å²) >= 11 is 3.80. The van der Waals surface area contributed by atoms with Crippen LogP contribution < -0.4 is 0 Å². The van der Waals surface area contributed by atoms with E-state index in [0.29, 0.717) is 46.5 Å². The summed E-state index contributed by atoms with van der Waals surface area (Å²) in [6.45, 7) is 12.4. The highest BCUT2D eigenvalue weighted by Crippen LogP contribution is 2.72. The zero-order chi connectivity index (χ0) is 24.0. The lowest BCUT2D eigenvalue weighted by molar-refractivity contribution is -0.239. The molecule has 0 unspecified atom stereocenters. The first-order chi connectivity index (χ1) is 16.1. The molecule has 4 aliphatic carbocycles. The van der Waals surface area contributed by atoms with E-state index in [1.165, 1.54) is 38.5 Å². The summed E-state index contributed by atoms with van der Waals surface area (Å²) in [6, 6.07) is 0. The second-order valence-corrected chi connectivity index (χ2v) is 14.3. The zero-order valence-corrected chi connectivity index (χ0v) is 23.4. The summed E-state index contributed by atoms with van der Waals surface area (Å²) in [5, 5.41) is 0.969. The van der Waals surface area contributed by atoms with Gasteiger partial charge in [-0.15, -0.1) is 0 Å². The van der Waals surface area contributed by atoms with E-state index in [9.17, 15) is 4.79 Å². The fourth-order valence-electron chi connectivity index (χ4n) is 10.9. The average Bonchev–Trinajstić information content (AvgIpc) is 3.37. The molecular weight excluding hydrogens is 492 g/mol. The maximum Gasteiger partial charge on any atom is 0.302 e. The Morgan fingerprint density at radius 3 is 2.53 bits per heavy atom. The molecular formula is C29H45BrO4. The van der Waals surface area contributed by atoms with Crippen LogP contribution in [0.5, 0.6) is 0 Å². The molecule has 0 aromatic rings. The van der Waals surface area contributed by atoms with Gasteiger partial charge in [-0.05, 0) is 97.7 Å². The van der Waals surface area contributed by atoms with Gasteiger partial charge in [0.1, 0.15) is 6.10 Å². The third-order valence-electron chi connectivity index (χ3n) is 12.5. The minimum Gasteiger partial charge on any atom is -0.463 e. The van der Waals surface area contributed by atoms with Gasteiger partial charge < -0.3 is 14.2 Å². The third-order valence-corrected chi connectivity index (χ3v) is 13.2. The molecule has 4 saturated carbocycles. The Labute approximate surface area is 214 Å². The molecule has 192 valence electrons. The Morgan fingerprint density at radius 1 is 1.03 bits per heavy atom. The van der Waals surface area contributed by atoms with Crippen LogP contribution in [0.2, 0.25) is 0 Å². The summed E-state index contributed by atoms with van der Waals surface area (Å²) in [5.74, 6) is 4.75. The second kappa shape index (κ2) is 8.18. The number of alkyl halides is 1. The van der Waals surface area contributed by atoms with Crippen LogP contribution in [0.15, 0.2) is 0 Å². The minimum absolute atomic E-state index is 0.108. The van der Waals surface area contributed by atoms with Gasteiger partial charge in [0.15, 0.2) is 5.79 Å². The van der Waals surface area contributed by atoms with Gasteiger partial charge in [-0.3, -0.25) is 4.79 Å². The van der Waals surface area contributed by atoms with E-state index in [0.717, 1.165) is 42.5 Å². The second-order valence-electron chi connectivity index (χ2n) is 13.7. The standard InChI is InChI=1S/C29H45BrO4/c1-16-15-32-29(24(16)14-30)17(2)26-25(34-29)13-23-21-7-6-19-12-20(33-18(3)31)8-10-27(19,4)22(21)9-11-28(23,26)5/h16-17,19-26H,6-15H2,1-5H3/t16-,17+,19-,20-,21-,22+,23+,24+,25+,26+,27+,28+,29+/m1/s1. The molecule has 0 aromatic heterocycles. The van der Waals surface area contributed by atoms with Gasteiger partial charge in [-0.25, -0.2) is 0 Å². The molecule has 2 heterocycles. The van der Waals surface area contributed by atoms with E-state index >= 15 is 0 Å². The van der Waals surface area contributed by atoms with Gasteiger partial charge in [0.05, 0.1) is 12.7 Å². The fraction of sp³-hybridized carbons (Fsp3) is 0.966. The smallest absolute Gasteiger partial charge is 0.302 e. The molecule has 2 saturated heterocycles. The molecule has 6 aliphatic rings. The molecule has 5 heteroatoms. The van der Waals surface area contributed by atoms with Crippen LogP contribution in [0, 0.1) is 58.2 Å². The predicted molar refractivity (Wildman–Crippen MR) is 135 cm³/mol. The van der Waals surface area contributed by atoms with E-state index in [2.05, 4.69) is 43.6 Å². The minimum atomic E-state index is -0.373. The number of ether oxygens (including phenoxy) is 3. The third kappa shape index (κ3) is 3.17. The van der Waals surface area contributed by atoms with Crippen molar-refractivity contribution < 1.29 is 19.0 Å². The summed E-state index contributed by atoms with van der Waals surface area (Å²) in [4.78, 5) is 11.6. The average molecular weight is 538 g/mol. The number of carbonyl (C=O) groups excluding carboxylic acids is 1. The highest BCUT2D eigenvalue weighted by atomic mass is 79.9. The quantitative estimate of drug-likeness (QED) is 0.294. The van der Waals surface area contributed by atoms with Crippen molar-refractivity contribution in [1.29, 1.82) is 0 Å². The Hall–Kier alpha value is -0.130. The maximum atomic E-state index is 11.6. The van der Waals surface area contributed by atoms with Crippen LogP contribution in [0.3, 0.4) is 0 Å². The molecule has 0 aromatic carbocycles. The summed E-state index contributed by atoms with van der Waals surface area (Å²) < 4.78 is 19.2. The van der Waals surface area contributed by atoms with Crippen molar-refractivity contribution in [2.24, 2.45) is 58.2 Å². The molecule has 0 N–H and O–H groups in total. The topological polar surface area (TPSA) is 44.8 Å². The number of halogens is 1. The fourth-order valence-corrected chi connectivity index (χ4v) is 12.0. The predicted octanol–water partition coefficient (Wildman–Crippen LogP) is 6.60.